The summed E-state index contributed by atoms with van der Waals surface area (Å²) in [4.78, 5) is 12.3. The fourth-order valence-corrected chi connectivity index (χ4v) is 6.04. The average molecular weight is 453 g/mol. The van der Waals surface area contributed by atoms with Crippen LogP contribution in [0, 0.1) is 0 Å². The number of aromatic amines is 1. The lowest BCUT2D eigenvalue weighted by Crippen LogP contribution is -2.05. The lowest BCUT2D eigenvalue weighted by Gasteiger charge is -2.15. The standard InChI is InChI=1S/C22H36N4O2S2/c1-2-3-4-5-6-7-8-9-10-11-12-18-13-15-30-22(18)19(29-16-14-21(27)28)17-20-23-25-26-24-20/h13,15,19H,2-12,14,16-17H2,1H3,(H,27,28)(H,23,24,25,26). The summed E-state index contributed by atoms with van der Waals surface area (Å²) >= 11 is 3.45. The maximum atomic E-state index is 10.9. The molecule has 1 unspecified atom stereocenters. The zero-order valence-electron chi connectivity index (χ0n) is 18.1. The number of carboxylic acids is 1. The Bertz CT molecular complexity index is 691. The Balaban J connectivity index is 1.75. The Labute approximate surface area is 188 Å². The van der Waals surface area contributed by atoms with E-state index in [9.17, 15) is 4.79 Å². The molecule has 0 saturated carbocycles. The van der Waals surface area contributed by atoms with Crippen LogP contribution < -0.4 is 0 Å². The molecule has 2 N–H and O–H groups in total. The SMILES string of the molecule is CCCCCCCCCCCCc1ccsc1C(Cc1nn[nH]n1)SCCC(=O)O. The Morgan fingerprint density at radius 2 is 1.83 bits per heavy atom. The third-order valence-corrected chi connectivity index (χ3v) is 7.73. The van der Waals surface area contributed by atoms with Crippen LogP contribution in [-0.4, -0.2) is 37.5 Å². The number of hydrogen-bond donors (Lipinski definition) is 2. The average Bonchev–Trinajstić information content (AvgIpc) is 3.40. The summed E-state index contributed by atoms with van der Waals surface area (Å²) in [6.07, 6.45) is 15.4. The van der Waals surface area contributed by atoms with Gasteiger partial charge in [0.15, 0.2) is 5.82 Å². The van der Waals surface area contributed by atoms with Gasteiger partial charge in [-0.3, -0.25) is 4.79 Å². The molecule has 0 aliphatic carbocycles. The Kier molecular flexibility index (Phi) is 12.8. The Morgan fingerprint density at radius 3 is 2.47 bits per heavy atom. The van der Waals surface area contributed by atoms with Crippen molar-refractivity contribution in [2.45, 2.75) is 95.6 Å². The van der Waals surface area contributed by atoms with E-state index < -0.39 is 5.97 Å². The second-order valence-electron chi connectivity index (χ2n) is 7.78. The van der Waals surface area contributed by atoms with E-state index in [-0.39, 0.29) is 11.7 Å². The Morgan fingerprint density at radius 1 is 1.13 bits per heavy atom. The first-order valence-corrected chi connectivity index (χ1v) is 13.3. The van der Waals surface area contributed by atoms with Crippen molar-refractivity contribution in [3.8, 4) is 0 Å². The topological polar surface area (TPSA) is 91.8 Å². The molecule has 2 heterocycles. The van der Waals surface area contributed by atoms with Crippen molar-refractivity contribution >= 4 is 29.1 Å². The fraction of sp³-hybridized carbons (Fsp3) is 0.727. The normalized spacial score (nSPS) is 12.3. The number of nitrogens with one attached hydrogen (secondary N) is 1. The van der Waals surface area contributed by atoms with Crippen molar-refractivity contribution in [1.82, 2.24) is 20.6 Å². The summed E-state index contributed by atoms with van der Waals surface area (Å²) in [6, 6.07) is 2.23. The minimum atomic E-state index is -0.752. The van der Waals surface area contributed by atoms with Gasteiger partial charge in [0.2, 0.25) is 0 Å². The first kappa shape index (κ1) is 24.9. The predicted octanol–water partition coefficient (Wildman–Crippen LogP) is 6.22. The molecule has 2 rings (SSSR count). The number of carboxylic acid groups (broad SMARTS) is 1. The summed E-state index contributed by atoms with van der Waals surface area (Å²) < 4.78 is 0. The minimum Gasteiger partial charge on any atom is -0.481 e. The number of thiophene rings is 1. The number of nitrogens with zero attached hydrogens (tertiary/aromatic N) is 3. The van der Waals surface area contributed by atoms with Crippen LogP contribution in [0.2, 0.25) is 0 Å². The number of carbonyl (C=O) groups is 1. The monoisotopic (exact) mass is 452 g/mol. The molecule has 0 spiro atoms. The highest BCUT2D eigenvalue weighted by atomic mass is 32.2. The first-order valence-electron chi connectivity index (χ1n) is 11.3. The van der Waals surface area contributed by atoms with Crippen molar-refractivity contribution in [1.29, 1.82) is 0 Å². The molecular formula is C22H36N4O2S2. The van der Waals surface area contributed by atoms with Crippen molar-refractivity contribution < 1.29 is 9.90 Å². The molecule has 0 bridgehead atoms. The van der Waals surface area contributed by atoms with E-state index in [2.05, 4.69) is 39.0 Å². The molecule has 8 heteroatoms. The van der Waals surface area contributed by atoms with Gasteiger partial charge in [-0.15, -0.1) is 21.5 Å². The van der Waals surface area contributed by atoms with Crippen molar-refractivity contribution in [3.05, 3.63) is 27.7 Å². The molecular weight excluding hydrogens is 416 g/mol. The number of rotatable bonds is 18. The zero-order chi connectivity index (χ0) is 21.4. The van der Waals surface area contributed by atoms with Crippen molar-refractivity contribution in [2.24, 2.45) is 0 Å². The van der Waals surface area contributed by atoms with Gasteiger partial charge in [-0.1, -0.05) is 69.9 Å². The third-order valence-electron chi connectivity index (χ3n) is 5.26. The quantitative estimate of drug-likeness (QED) is 0.261. The van der Waals surface area contributed by atoms with Crippen LogP contribution in [0.25, 0.3) is 0 Å². The number of aliphatic carboxylic acids is 1. The van der Waals surface area contributed by atoms with Crippen LogP contribution >= 0.6 is 23.1 Å². The van der Waals surface area contributed by atoms with Crippen LogP contribution in [0.3, 0.4) is 0 Å². The third kappa shape index (κ3) is 10.1. The lowest BCUT2D eigenvalue weighted by molar-refractivity contribution is -0.136. The highest BCUT2D eigenvalue weighted by molar-refractivity contribution is 7.99. The molecule has 1 atom stereocenters. The van der Waals surface area contributed by atoms with Gasteiger partial charge >= 0.3 is 5.97 Å². The second kappa shape index (κ2) is 15.4. The van der Waals surface area contributed by atoms with E-state index in [0.29, 0.717) is 18.0 Å². The van der Waals surface area contributed by atoms with Crippen LogP contribution in [-0.2, 0) is 17.6 Å². The molecule has 168 valence electrons. The van der Waals surface area contributed by atoms with E-state index in [4.69, 9.17) is 5.11 Å². The molecule has 0 fully saturated rings. The molecule has 2 aromatic heterocycles. The molecule has 0 aliphatic heterocycles. The summed E-state index contributed by atoms with van der Waals surface area (Å²) in [7, 11) is 0. The van der Waals surface area contributed by atoms with Gasteiger partial charge in [0.25, 0.3) is 0 Å². The Hall–Kier alpha value is -1.41. The maximum Gasteiger partial charge on any atom is 0.304 e. The molecule has 0 aromatic carbocycles. The second-order valence-corrected chi connectivity index (χ2v) is 10.0. The lowest BCUT2D eigenvalue weighted by atomic mass is 10.0. The van der Waals surface area contributed by atoms with Crippen molar-refractivity contribution in [2.75, 3.05) is 5.75 Å². The van der Waals surface area contributed by atoms with E-state index in [0.717, 1.165) is 6.42 Å². The number of thioether (sulfide) groups is 1. The number of tetrazole rings is 1. The summed E-state index contributed by atoms with van der Waals surface area (Å²) in [5.41, 5.74) is 1.40. The molecule has 0 amide bonds. The fourth-order valence-electron chi connectivity index (χ4n) is 3.59. The smallest absolute Gasteiger partial charge is 0.304 e. The molecule has 2 aromatic rings. The van der Waals surface area contributed by atoms with Gasteiger partial charge in [0.1, 0.15) is 0 Å². The first-order chi connectivity index (χ1) is 14.7. The minimum absolute atomic E-state index is 0.173. The largest absolute Gasteiger partial charge is 0.481 e. The number of aryl methyl sites for hydroxylation is 1. The molecule has 0 radical (unpaired) electrons. The number of H-pyrrole nitrogens is 1. The van der Waals surface area contributed by atoms with Gasteiger partial charge in [0, 0.05) is 22.3 Å². The van der Waals surface area contributed by atoms with Crippen LogP contribution in [0.4, 0.5) is 0 Å². The van der Waals surface area contributed by atoms with Crippen LogP contribution in [0.15, 0.2) is 11.4 Å². The van der Waals surface area contributed by atoms with E-state index >= 15 is 0 Å². The van der Waals surface area contributed by atoms with Crippen LogP contribution in [0.5, 0.6) is 0 Å². The summed E-state index contributed by atoms with van der Waals surface area (Å²) in [5.74, 6) is 0.520. The van der Waals surface area contributed by atoms with Gasteiger partial charge in [-0.2, -0.15) is 17.0 Å². The molecule has 0 saturated heterocycles. The number of hydrogen-bond acceptors (Lipinski definition) is 6. The number of unbranched alkanes of at least 4 members (excludes halogenated alkanes) is 9. The highest BCUT2D eigenvalue weighted by Crippen LogP contribution is 2.38. The summed E-state index contributed by atoms with van der Waals surface area (Å²) in [6.45, 7) is 2.26. The molecule has 30 heavy (non-hydrogen) atoms. The van der Waals surface area contributed by atoms with E-state index in [1.54, 1.807) is 23.1 Å². The predicted molar refractivity (Wildman–Crippen MR) is 125 cm³/mol. The van der Waals surface area contributed by atoms with E-state index in [1.165, 1.54) is 74.6 Å². The molecule has 6 nitrogen and oxygen atoms in total. The zero-order valence-corrected chi connectivity index (χ0v) is 19.8. The van der Waals surface area contributed by atoms with Gasteiger partial charge in [0.05, 0.1) is 6.42 Å². The van der Waals surface area contributed by atoms with Crippen molar-refractivity contribution in [3.63, 3.8) is 0 Å². The maximum absolute atomic E-state index is 10.9. The highest BCUT2D eigenvalue weighted by Gasteiger charge is 2.20. The summed E-state index contributed by atoms with van der Waals surface area (Å²) in [5, 5.41) is 25.7. The van der Waals surface area contributed by atoms with Gasteiger partial charge in [-0.25, -0.2) is 0 Å². The van der Waals surface area contributed by atoms with Crippen LogP contribution in [0.1, 0.15) is 99.1 Å². The van der Waals surface area contributed by atoms with E-state index in [1.807, 2.05) is 0 Å². The number of aromatic nitrogens is 4. The van der Waals surface area contributed by atoms with Gasteiger partial charge < -0.3 is 5.11 Å². The molecule has 0 aliphatic rings. The van der Waals surface area contributed by atoms with Gasteiger partial charge in [-0.05, 0) is 29.9 Å².